The molecule has 0 heterocycles. The van der Waals surface area contributed by atoms with Crippen LogP contribution in [0.25, 0.3) is 0 Å². The lowest BCUT2D eigenvalue weighted by Gasteiger charge is -2.05. The number of hydrogen-bond acceptors (Lipinski definition) is 4. The minimum absolute atomic E-state index is 0.153. The average Bonchev–Trinajstić information content (AvgIpc) is 2.45. The highest BCUT2D eigenvalue weighted by Crippen LogP contribution is 2.13. The molecule has 0 radical (unpaired) electrons. The Bertz CT molecular complexity index is 802. The molecule has 0 bridgehead atoms. The number of hydrogen-bond donors (Lipinski definition) is 2. The van der Waals surface area contributed by atoms with E-state index in [-0.39, 0.29) is 5.75 Å². The molecule has 0 spiro atoms. The minimum atomic E-state index is -4.67. The van der Waals surface area contributed by atoms with E-state index in [1.807, 2.05) is 49.4 Å². The fourth-order valence-corrected chi connectivity index (χ4v) is 3.05. The van der Waals surface area contributed by atoms with Gasteiger partial charge in [-0.2, -0.15) is 8.42 Å². The molecule has 6 nitrogen and oxygen atoms in total. The summed E-state index contributed by atoms with van der Waals surface area (Å²) in [6, 6.07) is 16.7. The Balaban J connectivity index is 0.000000463. The van der Waals surface area contributed by atoms with E-state index in [1.54, 1.807) is 12.1 Å². The van der Waals surface area contributed by atoms with Crippen molar-refractivity contribution >= 4 is 20.2 Å². The molecule has 2 rings (SSSR count). The standard InChI is InChI=1S/C15H16O2S.H2O4S/c1-13-7-9-15(10-8-13)18(16,17)12-11-14-5-3-2-4-6-14;1-5(2,3)4/h2-10H,11-12H2,1H3;(H2,1,2,3,4). The van der Waals surface area contributed by atoms with Crippen molar-refractivity contribution in [1.29, 1.82) is 0 Å². The van der Waals surface area contributed by atoms with Gasteiger partial charge in [-0.15, -0.1) is 0 Å². The van der Waals surface area contributed by atoms with Crippen LogP contribution in [0.1, 0.15) is 11.1 Å². The molecule has 0 aliphatic carbocycles. The lowest BCUT2D eigenvalue weighted by atomic mass is 10.2. The van der Waals surface area contributed by atoms with E-state index in [4.69, 9.17) is 17.5 Å². The van der Waals surface area contributed by atoms with Crippen molar-refractivity contribution in [2.24, 2.45) is 0 Å². The van der Waals surface area contributed by atoms with Crippen molar-refractivity contribution in [2.45, 2.75) is 18.2 Å². The van der Waals surface area contributed by atoms with Crippen molar-refractivity contribution in [2.75, 3.05) is 5.75 Å². The first-order chi connectivity index (χ1) is 10.6. The average molecular weight is 358 g/mol. The third-order valence-corrected chi connectivity index (χ3v) is 4.61. The molecule has 0 aliphatic heterocycles. The quantitative estimate of drug-likeness (QED) is 0.812. The molecule has 0 fully saturated rings. The zero-order valence-electron chi connectivity index (χ0n) is 12.5. The summed E-state index contributed by atoms with van der Waals surface area (Å²) in [7, 11) is -7.84. The van der Waals surface area contributed by atoms with Crippen LogP contribution in [0.2, 0.25) is 0 Å². The zero-order valence-corrected chi connectivity index (χ0v) is 14.1. The molecule has 0 amide bonds. The van der Waals surface area contributed by atoms with Gasteiger partial charge in [0.25, 0.3) is 0 Å². The second kappa shape index (κ2) is 8.21. The van der Waals surface area contributed by atoms with E-state index in [1.165, 1.54) is 0 Å². The van der Waals surface area contributed by atoms with Crippen LogP contribution in [0.3, 0.4) is 0 Å². The van der Waals surface area contributed by atoms with Gasteiger partial charge in [-0.1, -0.05) is 48.0 Å². The largest absolute Gasteiger partial charge is 0.394 e. The topological polar surface area (TPSA) is 109 Å². The van der Waals surface area contributed by atoms with Gasteiger partial charge in [0.05, 0.1) is 10.6 Å². The lowest BCUT2D eigenvalue weighted by molar-refractivity contribution is 0.381. The van der Waals surface area contributed by atoms with Gasteiger partial charge in [-0.05, 0) is 31.0 Å². The predicted octanol–water partition coefficient (Wildman–Crippen LogP) is 2.36. The first-order valence-electron chi connectivity index (χ1n) is 6.61. The van der Waals surface area contributed by atoms with Gasteiger partial charge >= 0.3 is 10.4 Å². The van der Waals surface area contributed by atoms with Gasteiger partial charge in [0.15, 0.2) is 9.84 Å². The summed E-state index contributed by atoms with van der Waals surface area (Å²) in [6.07, 6.45) is 0.553. The molecule has 2 N–H and O–H groups in total. The van der Waals surface area contributed by atoms with E-state index < -0.39 is 20.2 Å². The number of aryl methyl sites for hydroxylation is 2. The highest BCUT2D eigenvalue weighted by molar-refractivity contribution is 7.91. The molecule has 2 aromatic carbocycles. The molecular formula is C15H18O6S2. The molecule has 0 saturated heterocycles. The molecule has 0 aliphatic rings. The summed E-state index contributed by atoms with van der Waals surface area (Å²) in [4.78, 5) is 0.407. The van der Waals surface area contributed by atoms with Gasteiger partial charge in [-0.25, -0.2) is 8.42 Å². The van der Waals surface area contributed by atoms with Gasteiger partial charge in [0, 0.05) is 0 Å². The van der Waals surface area contributed by atoms with Crippen molar-refractivity contribution in [3.8, 4) is 0 Å². The highest BCUT2D eigenvalue weighted by Gasteiger charge is 2.13. The normalized spacial score (nSPS) is 11.4. The SMILES string of the molecule is Cc1ccc(S(=O)(=O)CCc2ccccc2)cc1.O=S(=O)(O)O. The Morgan fingerprint density at radius 1 is 0.826 bits per heavy atom. The van der Waals surface area contributed by atoms with Crippen molar-refractivity contribution in [1.82, 2.24) is 0 Å². The van der Waals surface area contributed by atoms with Gasteiger partial charge < -0.3 is 0 Å². The van der Waals surface area contributed by atoms with E-state index in [9.17, 15) is 8.42 Å². The van der Waals surface area contributed by atoms with Crippen LogP contribution in [0.5, 0.6) is 0 Å². The van der Waals surface area contributed by atoms with Crippen molar-refractivity contribution in [3.63, 3.8) is 0 Å². The van der Waals surface area contributed by atoms with Gasteiger partial charge in [0.1, 0.15) is 0 Å². The second-order valence-corrected chi connectivity index (χ2v) is 7.82. The third kappa shape index (κ3) is 8.46. The van der Waals surface area contributed by atoms with Crippen LogP contribution >= 0.6 is 0 Å². The Kier molecular flexibility index (Phi) is 6.89. The minimum Gasteiger partial charge on any atom is -0.264 e. The molecule has 0 aromatic heterocycles. The maximum absolute atomic E-state index is 12.1. The molecule has 2 aromatic rings. The Labute approximate surface area is 136 Å². The van der Waals surface area contributed by atoms with Crippen LogP contribution in [0.4, 0.5) is 0 Å². The number of rotatable bonds is 4. The van der Waals surface area contributed by atoms with Crippen LogP contribution in [-0.2, 0) is 26.7 Å². The first kappa shape index (κ1) is 19.3. The van der Waals surface area contributed by atoms with Gasteiger partial charge in [-0.3, -0.25) is 9.11 Å². The summed E-state index contributed by atoms with van der Waals surface area (Å²) in [5.41, 5.74) is 2.12. The lowest BCUT2D eigenvalue weighted by Crippen LogP contribution is -2.09. The summed E-state index contributed by atoms with van der Waals surface area (Å²) in [5.74, 6) is 0.153. The summed E-state index contributed by atoms with van der Waals surface area (Å²) >= 11 is 0. The molecule has 0 atom stereocenters. The molecule has 23 heavy (non-hydrogen) atoms. The maximum Gasteiger partial charge on any atom is 0.394 e. The number of benzene rings is 2. The van der Waals surface area contributed by atoms with Crippen LogP contribution < -0.4 is 0 Å². The fourth-order valence-electron chi connectivity index (χ4n) is 1.76. The summed E-state index contributed by atoms with van der Waals surface area (Å²) < 4.78 is 55.8. The van der Waals surface area contributed by atoms with E-state index >= 15 is 0 Å². The Hall–Kier alpha value is -1.74. The fraction of sp³-hybridized carbons (Fsp3) is 0.200. The molecule has 0 unspecified atom stereocenters. The van der Waals surface area contributed by atoms with Gasteiger partial charge in [0.2, 0.25) is 0 Å². The highest BCUT2D eigenvalue weighted by atomic mass is 32.3. The predicted molar refractivity (Wildman–Crippen MR) is 87.6 cm³/mol. The summed E-state index contributed by atoms with van der Waals surface area (Å²) in [6.45, 7) is 1.94. The summed E-state index contributed by atoms with van der Waals surface area (Å²) in [5, 5.41) is 0. The van der Waals surface area contributed by atoms with Crippen LogP contribution in [0, 0.1) is 6.92 Å². The monoisotopic (exact) mass is 358 g/mol. The number of sulfone groups is 1. The second-order valence-electron chi connectivity index (χ2n) is 4.82. The van der Waals surface area contributed by atoms with E-state index in [0.29, 0.717) is 11.3 Å². The molecule has 8 heteroatoms. The molecule has 0 saturated carbocycles. The third-order valence-electron chi connectivity index (χ3n) is 2.88. The van der Waals surface area contributed by atoms with Crippen molar-refractivity contribution in [3.05, 3.63) is 65.7 Å². The smallest absolute Gasteiger partial charge is 0.264 e. The molecular weight excluding hydrogens is 340 g/mol. The Morgan fingerprint density at radius 2 is 1.30 bits per heavy atom. The van der Waals surface area contributed by atoms with Crippen LogP contribution in [-0.4, -0.2) is 31.7 Å². The molecule has 126 valence electrons. The van der Waals surface area contributed by atoms with E-state index in [2.05, 4.69) is 0 Å². The van der Waals surface area contributed by atoms with Crippen molar-refractivity contribution < 1.29 is 25.9 Å². The maximum atomic E-state index is 12.1. The van der Waals surface area contributed by atoms with E-state index in [0.717, 1.165) is 11.1 Å². The first-order valence-corrected chi connectivity index (χ1v) is 9.66. The van der Waals surface area contributed by atoms with Crippen LogP contribution in [0.15, 0.2) is 59.5 Å². The Morgan fingerprint density at radius 3 is 1.78 bits per heavy atom. The zero-order chi connectivity index (χ0) is 17.5.